The summed E-state index contributed by atoms with van der Waals surface area (Å²) in [6, 6.07) is 4.13. The lowest BCUT2D eigenvalue weighted by molar-refractivity contribution is 0.344. The molecule has 4 nitrogen and oxygen atoms in total. The Morgan fingerprint density at radius 1 is 1.44 bits per heavy atom. The van der Waals surface area contributed by atoms with Gasteiger partial charge in [-0.3, -0.25) is 0 Å². The molecule has 0 bridgehead atoms. The summed E-state index contributed by atoms with van der Waals surface area (Å²) in [5, 5.41) is 6.15. The molecule has 1 saturated carbocycles. The van der Waals surface area contributed by atoms with Gasteiger partial charge in [0, 0.05) is 4.88 Å². The van der Waals surface area contributed by atoms with Crippen molar-refractivity contribution in [3.63, 3.8) is 0 Å². The SMILES string of the molecule is CC(c1nc(C2(N)CCCC2)no1)c1cccs1. The van der Waals surface area contributed by atoms with Crippen LogP contribution in [-0.4, -0.2) is 10.1 Å². The molecule has 1 unspecified atom stereocenters. The zero-order valence-corrected chi connectivity index (χ0v) is 11.2. The molecule has 2 heterocycles. The van der Waals surface area contributed by atoms with E-state index in [9.17, 15) is 0 Å². The highest BCUT2D eigenvalue weighted by Crippen LogP contribution is 2.35. The van der Waals surface area contributed by atoms with Gasteiger partial charge in [-0.05, 0) is 31.2 Å². The lowest BCUT2D eigenvalue weighted by atomic mass is 9.98. The summed E-state index contributed by atoms with van der Waals surface area (Å²) in [6.07, 6.45) is 4.22. The normalized spacial score (nSPS) is 20.1. The fraction of sp³-hybridized carbons (Fsp3) is 0.538. The number of aromatic nitrogens is 2. The van der Waals surface area contributed by atoms with Gasteiger partial charge in [0.2, 0.25) is 5.89 Å². The molecular formula is C13H17N3OS. The molecule has 0 amide bonds. The van der Waals surface area contributed by atoms with Crippen molar-refractivity contribution in [1.29, 1.82) is 0 Å². The van der Waals surface area contributed by atoms with Crippen LogP contribution in [0, 0.1) is 0 Å². The number of thiophene rings is 1. The number of rotatable bonds is 3. The first-order chi connectivity index (χ1) is 8.69. The van der Waals surface area contributed by atoms with Gasteiger partial charge in [-0.25, -0.2) is 0 Å². The van der Waals surface area contributed by atoms with Crippen LogP contribution in [0.2, 0.25) is 0 Å². The van der Waals surface area contributed by atoms with E-state index in [1.165, 1.54) is 4.88 Å². The monoisotopic (exact) mass is 263 g/mol. The summed E-state index contributed by atoms with van der Waals surface area (Å²) in [4.78, 5) is 5.76. The molecule has 2 N–H and O–H groups in total. The number of hydrogen-bond donors (Lipinski definition) is 1. The Labute approximate surface area is 110 Å². The maximum absolute atomic E-state index is 6.33. The minimum atomic E-state index is -0.364. The largest absolute Gasteiger partial charge is 0.339 e. The minimum Gasteiger partial charge on any atom is -0.339 e. The zero-order chi connectivity index (χ0) is 12.6. The minimum absolute atomic E-state index is 0.149. The summed E-state index contributed by atoms with van der Waals surface area (Å²) in [6.45, 7) is 2.08. The third kappa shape index (κ3) is 1.97. The number of hydrogen-bond acceptors (Lipinski definition) is 5. The molecule has 2 aromatic heterocycles. The highest BCUT2D eigenvalue weighted by molar-refractivity contribution is 7.10. The third-order valence-electron chi connectivity index (χ3n) is 3.72. The molecule has 3 rings (SSSR count). The fourth-order valence-electron chi connectivity index (χ4n) is 2.50. The second-order valence-electron chi connectivity index (χ2n) is 5.06. The number of nitrogens with zero attached hydrogens (tertiary/aromatic N) is 2. The van der Waals surface area contributed by atoms with Crippen molar-refractivity contribution in [2.75, 3.05) is 0 Å². The van der Waals surface area contributed by atoms with Crippen LogP contribution in [0.25, 0.3) is 0 Å². The Morgan fingerprint density at radius 2 is 2.22 bits per heavy atom. The Hall–Kier alpha value is -1.20. The van der Waals surface area contributed by atoms with Crippen molar-refractivity contribution in [2.45, 2.75) is 44.1 Å². The molecule has 5 heteroatoms. The van der Waals surface area contributed by atoms with Gasteiger partial charge < -0.3 is 10.3 Å². The van der Waals surface area contributed by atoms with Crippen LogP contribution in [-0.2, 0) is 5.54 Å². The average molecular weight is 263 g/mol. The summed E-state index contributed by atoms with van der Waals surface area (Å²) in [7, 11) is 0. The molecule has 0 spiro atoms. The molecular weight excluding hydrogens is 246 g/mol. The standard InChI is InChI=1S/C13H17N3OS/c1-9(10-5-4-8-18-10)11-15-12(16-17-11)13(14)6-2-3-7-13/h4-5,8-9H,2-3,6-7,14H2,1H3. The van der Waals surface area contributed by atoms with E-state index in [1.807, 2.05) is 6.07 Å². The van der Waals surface area contributed by atoms with Crippen LogP contribution < -0.4 is 5.73 Å². The summed E-state index contributed by atoms with van der Waals surface area (Å²) in [5.41, 5.74) is 5.97. The van der Waals surface area contributed by atoms with Gasteiger partial charge in [0.15, 0.2) is 5.82 Å². The van der Waals surface area contributed by atoms with Crippen LogP contribution in [0.15, 0.2) is 22.0 Å². The average Bonchev–Trinajstić information content (AvgIpc) is 3.10. The number of nitrogens with two attached hydrogens (primary N) is 1. The van der Waals surface area contributed by atoms with Crippen LogP contribution in [0.4, 0.5) is 0 Å². The molecule has 1 fully saturated rings. The van der Waals surface area contributed by atoms with Gasteiger partial charge in [-0.2, -0.15) is 4.98 Å². The smallest absolute Gasteiger partial charge is 0.234 e. The van der Waals surface area contributed by atoms with Gasteiger partial charge in [-0.15, -0.1) is 11.3 Å². The molecule has 96 valence electrons. The van der Waals surface area contributed by atoms with Crippen molar-refractivity contribution in [2.24, 2.45) is 5.73 Å². The molecule has 0 aromatic carbocycles. The first-order valence-corrected chi connectivity index (χ1v) is 7.23. The van der Waals surface area contributed by atoms with E-state index in [4.69, 9.17) is 10.3 Å². The molecule has 1 aliphatic rings. The second kappa shape index (κ2) is 4.48. The summed E-state index contributed by atoms with van der Waals surface area (Å²) >= 11 is 1.71. The van der Waals surface area contributed by atoms with Crippen LogP contribution in [0.1, 0.15) is 55.1 Å². The molecule has 2 aromatic rings. The molecule has 0 radical (unpaired) electrons. The summed E-state index contributed by atoms with van der Waals surface area (Å²) in [5.74, 6) is 1.50. The van der Waals surface area contributed by atoms with E-state index in [0.717, 1.165) is 25.7 Å². The maximum Gasteiger partial charge on any atom is 0.234 e. The van der Waals surface area contributed by atoms with E-state index in [1.54, 1.807) is 11.3 Å². The van der Waals surface area contributed by atoms with Crippen molar-refractivity contribution in [1.82, 2.24) is 10.1 Å². The van der Waals surface area contributed by atoms with E-state index in [0.29, 0.717) is 11.7 Å². The van der Waals surface area contributed by atoms with Crippen molar-refractivity contribution < 1.29 is 4.52 Å². The van der Waals surface area contributed by atoms with Crippen molar-refractivity contribution >= 4 is 11.3 Å². The molecule has 18 heavy (non-hydrogen) atoms. The molecule has 1 atom stereocenters. The maximum atomic E-state index is 6.33. The zero-order valence-electron chi connectivity index (χ0n) is 10.4. The lowest BCUT2D eigenvalue weighted by Crippen LogP contribution is -2.34. The predicted octanol–water partition coefficient (Wildman–Crippen LogP) is 3.01. The Morgan fingerprint density at radius 3 is 2.89 bits per heavy atom. The van der Waals surface area contributed by atoms with E-state index >= 15 is 0 Å². The molecule has 0 aliphatic heterocycles. The Balaban J connectivity index is 1.85. The molecule has 0 saturated heterocycles. The predicted molar refractivity (Wildman–Crippen MR) is 70.5 cm³/mol. The van der Waals surface area contributed by atoms with Crippen molar-refractivity contribution in [3.8, 4) is 0 Å². The molecule has 1 aliphatic carbocycles. The van der Waals surface area contributed by atoms with Crippen LogP contribution in [0.5, 0.6) is 0 Å². The van der Waals surface area contributed by atoms with E-state index in [-0.39, 0.29) is 11.5 Å². The van der Waals surface area contributed by atoms with Gasteiger partial charge in [-0.1, -0.05) is 24.1 Å². The van der Waals surface area contributed by atoms with Crippen LogP contribution >= 0.6 is 11.3 Å². The van der Waals surface area contributed by atoms with Gasteiger partial charge in [0.1, 0.15) is 0 Å². The first-order valence-electron chi connectivity index (χ1n) is 6.35. The third-order valence-corrected chi connectivity index (χ3v) is 4.78. The van der Waals surface area contributed by atoms with E-state index < -0.39 is 0 Å². The lowest BCUT2D eigenvalue weighted by Gasteiger charge is -2.17. The van der Waals surface area contributed by atoms with Gasteiger partial charge in [0.25, 0.3) is 0 Å². The summed E-state index contributed by atoms with van der Waals surface area (Å²) < 4.78 is 5.39. The highest BCUT2D eigenvalue weighted by Gasteiger charge is 2.36. The second-order valence-corrected chi connectivity index (χ2v) is 6.04. The van der Waals surface area contributed by atoms with Gasteiger partial charge >= 0.3 is 0 Å². The topological polar surface area (TPSA) is 64.9 Å². The first kappa shape index (κ1) is 11.9. The highest BCUT2D eigenvalue weighted by atomic mass is 32.1. The quantitative estimate of drug-likeness (QED) is 0.924. The Bertz CT molecular complexity index is 514. The van der Waals surface area contributed by atoms with Crippen molar-refractivity contribution in [3.05, 3.63) is 34.1 Å². The van der Waals surface area contributed by atoms with E-state index in [2.05, 4.69) is 28.5 Å². The van der Waals surface area contributed by atoms with Crippen LogP contribution in [0.3, 0.4) is 0 Å². The van der Waals surface area contributed by atoms with Gasteiger partial charge in [0.05, 0.1) is 11.5 Å². The fourth-order valence-corrected chi connectivity index (χ4v) is 3.28. The Kier molecular flexibility index (Phi) is 2.95.